The third-order valence-electron chi connectivity index (χ3n) is 2.32. The Hall–Kier alpha value is -1.00. The Labute approximate surface area is 104 Å². The standard InChI is InChI=1S/C12H16BrNO2/c1-4-8(2)14-7-9-5-12(16-3)11(15)6-10(9)13/h4-6,8,14-15H,1,7H2,2-3H3. The van der Waals surface area contributed by atoms with Crippen LogP contribution in [-0.4, -0.2) is 18.3 Å². The van der Waals surface area contributed by atoms with Crippen molar-refractivity contribution in [3.63, 3.8) is 0 Å². The molecule has 16 heavy (non-hydrogen) atoms. The molecule has 1 aromatic carbocycles. The second-order valence-corrected chi connectivity index (χ2v) is 4.38. The zero-order valence-corrected chi connectivity index (χ0v) is 11.0. The van der Waals surface area contributed by atoms with Crippen LogP contribution in [0.3, 0.4) is 0 Å². The van der Waals surface area contributed by atoms with E-state index < -0.39 is 0 Å². The summed E-state index contributed by atoms with van der Waals surface area (Å²) in [5, 5.41) is 12.8. The molecule has 0 aliphatic heterocycles. The van der Waals surface area contributed by atoms with Crippen LogP contribution in [0.15, 0.2) is 29.3 Å². The molecule has 0 radical (unpaired) electrons. The molecule has 1 atom stereocenters. The molecule has 0 aliphatic rings. The van der Waals surface area contributed by atoms with Gasteiger partial charge in [-0.1, -0.05) is 22.0 Å². The average molecular weight is 286 g/mol. The van der Waals surface area contributed by atoms with Gasteiger partial charge in [0.1, 0.15) is 0 Å². The van der Waals surface area contributed by atoms with Crippen LogP contribution in [0.25, 0.3) is 0 Å². The quantitative estimate of drug-likeness (QED) is 0.818. The van der Waals surface area contributed by atoms with Crippen molar-refractivity contribution in [3.05, 3.63) is 34.8 Å². The van der Waals surface area contributed by atoms with Gasteiger partial charge in [-0.2, -0.15) is 0 Å². The Morgan fingerprint density at radius 3 is 2.88 bits per heavy atom. The topological polar surface area (TPSA) is 41.5 Å². The molecule has 1 rings (SSSR count). The fourth-order valence-electron chi connectivity index (χ4n) is 1.24. The van der Waals surface area contributed by atoms with Crippen molar-refractivity contribution in [2.75, 3.05) is 7.11 Å². The lowest BCUT2D eigenvalue weighted by Gasteiger charge is -2.12. The highest BCUT2D eigenvalue weighted by Crippen LogP contribution is 2.32. The molecule has 0 fully saturated rings. The van der Waals surface area contributed by atoms with Gasteiger partial charge in [-0.05, 0) is 24.6 Å². The van der Waals surface area contributed by atoms with Crippen molar-refractivity contribution >= 4 is 15.9 Å². The number of halogens is 1. The first kappa shape index (κ1) is 13.1. The molecule has 2 N–H and O–H groups in total. The minimum Gasteiger partial charge on any atom is -0.504 e. The number of benzene rings is 1. The summed E-state index contributed by atoms with van der Waals surface area (Å²) in [4.78, 5) is 0. The van der Waals surface area contributed by atoms with E-state index >= 15 is 0 Å². The smallest absolute Gasteiger partial charge is 0.160 e. The molecule has 0 saturated carbocycles. The highest BCUT2D eigenvalue weighted by molar-refractivity contribution is 9.10. The maximum Gasteiger partial charge on any atom is 0.160 e. The molecule has 0 spiro atoms. The van der Waals surface area contributed by atoms with Gasteiger partial charge in [0.2, 0.25) is 0 Å². The second kappa shape index (κ2) is 5.92. The molecule has 1 unspecified atom stereocenters. The van der Waals surface area contributed by atoms with Crippen molar-refractivity contribution < 1.29 is 9.84 Å². The second-order valence-electron chi connectivity index (χ2n) is 3.52. The van der Waals surface area contributed by atoms with Crippen molar-refractivity contribution in [2.24, 2.45) is 0 Å². The molecule has 0 heterocycles. The number of hydrogen-bond donors (Lipinski definition) is 2. The van der Waals surface area contributed by atoms with Crippen molar-refractivity contribution in [2.45, 2.75) is 19.5 Å². The summed E-state index contributed by atoms with van der Waals surface area (Å²) in [7, 11) is 1.53. The van der Waals surface area contributed by atoms with Gasteiger partial charge < -0.3 is 15.2 Å². The van der Waals surface area contributed by atoms with Crippen molar-refractivity contribution in [1.82, 2.24) is 5.32 Å². The van der Waals surface area contributed by atoms with Gasteiger partial charge in [-0.3, -0.25) is 0 Å². The highest BCUT2D eigenvalue weighted by Gasteiger charge is 2.08. The lowest BCUT2D eigenvalue weighted by atomic mass is 10.2. The number of hydrogen-bond acceptors (Lipinski definition) is 3. The van der Waals surface area contributed by atoms with E-state index in [0.717, 1.165) is 10.0 Å². The monoisotopic (exact) mass is 285 g/mol. The molecule has 1 aromatic rings. The number of methoxy groups -OCH3 is 1. The molecule has 0 amide bonds. The first-order valence-electron chi connectivity index (χ1n) is 4.99. The van der Waals surface area contributed by atoms with E-state index in [-0.39, 0.29) is 11.8 Å². The molecule has 0 saturated heterocycles. The number of phenolic OH excluding ortho intramolecular Hbond substituents is 1. The van der Waals surface area contributed by atoms with E-state index in [1.54, 1.807) is 6.07 Å². The number of aromatic hydroxyl groups is 1. The summed E-state index contributed by atoms with van der Waals surface area (Å²) >= 11 is 3.40. The lowest BCUT2D eigenvalue weighted by molar-refractivity contribution is 0.372. The van der Waals surface area contributed by atoms with Crippen LogP contribution in [-0.2, 0) is 6.54 Å². The first-order valence-corrected chi connectivity index (χ1v) is 5.79. The minimum absolute atomic E-state index is 0.134. The average Bonchev–Trinajstić information content (AvgIpc) is 2.27. The maximum atomic E-state index is 9.55. The number of nitrogens with one attached hydrogen (secondary N) is 1. The number of phenols is 1. The molecular formula is C12H16BrNO2. The van der Waals surface area contributed by atoms with E-state index in [4.69, 9.17) is 4.74 Å². The number of rotatable bonds is 5. The molecule has 0 bridgehead atoms. The van der Waals surface area contributed by atoms with Crippen LogP contribution < -0.4 is 10.1 Å². The fourth-order valence-corrected chi connectivity index (χ4v) is 1.71. The lowest BCUT2D eigenvalue weighted by Crippen LogP contribution is -2.23. The van der Waals surface area contributed by atoms with Crippen LogP contribution in [0.5, 0.6) is 11.5 Å². The third kappa shape index (κ3) is 3.25. The zero-order chi connectivity index (χ0) is 12.1. The predicted octanol–water partition coefficient (Wildman–Crippen LogP) is 2.83. The van der Waals surface area contributed by atoms with Gasteiger partial charge in [0.15, 0.2) is 11.5 Å². The van der Waals surface area contributed by atoms with Gasteiger partial charge >= 0.3 is 0 Å². The Balaban J connectivity index is 2.83. The van der Waals surface area contributed by atoms with E-state index in [0.29, 0.717) is 12.3 Å². The van der Waals surface area contributed by atoms with Gasteiger partial charge in [-0.25, -0.2) is 0 Å². The van der Waals surface area contributed by atoms with Crippen LogP contribution in [0.2, 0.25) is 0 Å². The number of ether oxygens (including phenoxy) is 1. The van der Waals surface area contributed by atoms with Crippen molar-refractivity contribution in [3.8, 4) is 11.5 Å². The summed E-state index contributed by atoms with van der Waals surface area (Å²) in [6.07, 6.45) is 1.84. The minimum atomic E-state index is 0.134. The normalized spacial score (nSPS) is 12.2. The Morgan fingerprint density at radius 1 is 1.62 bits per heavy atom. The Morgan fingerprint density at radius 2 is 2.31 bits per heavy atom. The van der Waals surface area contributed by atoms with Gasteiger partial charge in [0.05, 0.1) is 7.11 Å². The van der Waals surface area contributed by atoms with Crippen LogP contribution >= 0.6 is 15.9 Å². The van der Waals surface area contributed by atoms with Crippen LogP contribution in [0.1, 0.15) is 12.5 Å². The molecule has 88 valence electrons. The summed E-state index contributed by atoms with van der Waals surface area (Å²) < 4.78 is 5.91. The Kier molecular flexibility index (Phi) is 4.83. The maximum absolute atomic E-state index is 9.55. The van der Waals surface area contributed by atoms with E-state index in [2.05, 4.69) is 27.8 Å². The summed E-state index contributed by atoms with van der Waals surface area (Å²) in [5.74, 6) is 0.612. The van der Waals surface area contributed by atoms with Gasteiger partial charge in [0, 0.05) is 17.1 Å². The molecule has 4 heteroatoms. The predicted molar refractivity (Wildman–Crippen MR) is 68.9 cm³/mol. The van der Waals surface area contributed by atoms with Crippen LogP contribution in [0, 0.1) is 0 Å². The molecular weight excluding hydrogens is 270 g/mol. The summed E-state index contributed by atoms with van der Waals surface area (Å²) in [5.41, 5.74) is 1.03. The molecule has 0 aromatic heterocycles. The fraction of sp³-hybridized carbons (Fsp3) is 0.333. The van der Waals surface area contributed by atoms with Crippen LogP contribution in [0.4, 0.5) is 0 Å². The van der Waals surface area contributed by atoms with Gasteiger partial charge in [0.25, 0.3) is 0 Å². The summed E-state index contributed by atoms with van der Waals surface area (Å²) in [6.45, 7) is 6.42. The molecule has 3 nitrogen and oxygen atoms in total. The highest BCUT2D eigenvalue weighted by atomic mass is 79.9. The first-order chi connectivity index (χ1) is 7.58. The van der Waals surface area contributed by atoms with E-state index in [9.17, 15) is 5.11 Å². The Bertz CT molecular complexity index is 380. The van der Waals surface area contributed by atoms with Gasteiger partial charge in [-0.15, -0.1) is 6.58 Å². The molecule has 0 aliphatic carbocycles. The third-order valence-corrected chi connectivity index (χ3v) is 3.05. The summed E-state index contributed by atoms with van der Waals surface area (Å²) in [6, 6.07) is 3.68. The van der Waals surface area contributed by atoms with Crippen molar-refractivity contribution in [1.29, 1.82) is 0 Å². The largest absolute Gasteiger partial charge is 0.504 e. The SMILES string of the molecule is C=CC(C)NCc1cc(OC)c(O)cc1Br. The van der Waals surface area contributed by atoms with E-state index in [1.165, 1.54) is 7.11 Å². The van der Waals surface area contributed by atoms with E-state index in [1.807, 2.05) is 19.1 Å². The zero-order valence-electron chi connectivity index (χ0n) is 9.46.